The number of hydrogen-bond acceptors (Lipinski definition) is 4. The van der Waals surface area contributed by atoms with Gasteiger partial charge in [0.15, 0.2) is 6.10 Å². The quantitative estimate of drug-likeness (QED) is 0.612. The largest absolute Gasteiger partial charge is 0.479 e. The van der Waals surface area contributed by atoms with Crippen molar-refractivity contribution in [1.29, 1.82) is 0 Å². The van der Waals surface area contributed by atoms with Crippen molar-refractivity contribution < 1.29 is 19.8 Å². The SMILES string of the molecule is Cc1ccsc1CNC(=O)NCCC(O)C(=O)O. The van der Waals surface area contributed by atoms with E-state index >= 15 is 0 Å². The molecule has 100 valence electrons. The van der Waals surface area contributed by atoms with Gasteiger partial charge in [-0.3, -0.25) is 0 Å². The molecule has 7 heteroatoms. The molecule has 0 saturated heterocycles. The van der Waals surface area contributed by atoms with Crippen LogP contribution in [0.2, 0.25) is 0 Å². The van der Waals surface area contributed by atoms with Crippen LogP contribution in [0.4, 0.5) is 4.79 Å². The average molecular weight is 272 g/mol. The van der Waals surface area contributed by atoms with Crippen LogP contribution in [0, 0.1) is 6.92 Å². The second-order valence-corrected chi connectivity index (χ2v) is 4.78. The van der Waals surface area contributed by atoms with Crippen molar-refractivity contribution in [3.05, 3.63) is 21.9 Å². The first-order chi connectivity index (χ1) is 8.50. The number of thiophene rings is 1. The van der Waals surface area contributed by atoms with Gasteiger partial charge in [0.25, 0.3) is 0 Å². The Balaban J connectivity index is 2.19. The number of carbonyl (C=O) groups excluding carboxylic acids is 1. The van der Waals surface area contributed by atoms with E-state index in [2.05, 4.69) is 10.6 Å². The molecule has 0 spiro atoms. The number of aryl methyl sites for hydroxylation is 1. The molecular formula is C11H16N2O4S. The Morgan fingerprint density at radius 3 is 2.72 bits per heavy atom. The molecule has 1 rings (SSSR count). The summed E-state index contributed by atoms with van der Waals surface area (Å²) in [6, 6.07) is 1.60. The molecule has 0 aliphatic rings. The number of carboxylic acid groups (broad SMARTS) is 1. The lowest BCUT2D eigenvalue weighted by molar-refractivity contribution is -0.146. The van der Waals surface area contributed by atoms with Gasteiger partial charge in [-0.25, -0.2) is 9.59 Å². The van der Waals surface area contributed by atoms with Gasteiger partial charge in [-0.2, -0.15) is 0 Å². The van der Waals surface area contributed by atoms with Crippen LogP contribution in [-0.2, 0) is 11.3 Å². The van der Waals surface area contributed by atoms with Crippen LogP contribution in [-0.4, -0.2) is 34.9 Å². The monoisotopic (exact) mass is 272 g/mol. The van der Waals surface area contributed by atoms with Gasteiger partial charge in [0, 0.05) is 17.8 Å². The Morgan fingerprint density at radius 1 is 1.44 bits per heavy atom. The molecule has 0 fully saturated rings. The maximum absolute atomic E-state index is 11.4. The minimum atomic E-state index is -1.44. The maximum atomic E-state index is 11.4. The second-order valence-electron chi connectivity index (χ2n) is 3.78. The Hall–Kier alpha value is -1.60. The van der Waals surface area contributed by atoms with Crippen LogP contribution in [0.15, 0.2) is 11.4 Å². The van der Waals surface area contributed by atoms with Gasteiger partial charge in [0.05, 0.1) is 6.54 Å². The molecule has 0 radical (unpaired) electrons. The zero-order valence-corrected chi connectivity index (χ0v) is 10.8. The van der Waals surface area contributed by atoms with Gasteiger partial charge >= 0.3 is 12.0 Å². The van der Waals surface area contributed by atoms with Crippen LogP contribution < -0.4 is 10.6 Å². The van der Waals surface area contributed by atoms with Crippen molar-refractivity contribution in [2.45, 2.75) is 26.0 Å². The summed E-state index contributed by atoms with van der Waals surface area (Å²) in [5, 5.41) is 24.5. The van der Waals surface area contributed by atoms with Crippen molar-refractivity contribution >= 4 is 23.3 Å². The third-order valence-corrected chi connectivity index (χ3v) is 3.39. The van der Waals surface area contributed by atoms with E-state index in [0.717, 1.165) is 10.4 Å². The zero-order valence-electron chi connectivity index (χ0n) is 9.97. The minimum Gasteiger partial charge on any atom is -0.479 e. The van der Waals surface area contributed by atoms with Crippen molar-refractivity contribution in [2.24, 2.45) is 0 Å². The lowest BCUT2D eigenvalue weighted by atomic mass is 10.2. The molecule has 1 aromatic rings. The van der Waals surface area contributed by atoms with Crippen LogP contribution >= 0.6 is 11.3 Å². The summed E-state index contributed by atoms with van der Waals surface area (Å²) in [7, 11) is 0. The lowest BCUT2D eigenvalue weighted by Crippen LogP contribution is -2.37. The Kier molecular flexibility index (Phi) is 5.60. The summed E-state index contributed by atoms with van der Waals surface area (Å²) in [6.45, 7) is 2.52. The molecule has 1 atom stereocenters. The summed E-state index contributed by atoms with van der Waals surface area (Å²) in [6.07, 6.45) is -1.45. The third kappa shape index (κ3) is 4.72. The van der Waals surface area contributed by atoms with Gasteiger partial charge in [-0.05, 0) is 23.9 Å². The Morgan fingerprint density at radius 2 is 2.17 bits per heavy atom. The van der Waals surface area contributed by atoms with E-state index in [-0.39, 0.29) is 19.0 Å². The van der Waals surface area contributed by atoms with Gasteiger partial charge in [0.1, 0.15) is 0 Å². The van der Waals surface area contributed by atoms with E-state index in [0.29, 0.717) is 6.54 Å². The van der Waals surface area contributed by atoms with Crippen molar-refractivity contribution in [1.82, 2.24) is 10.6 Å². The number of aliphatic hydroxyl groups is 1. The van der Waals surface area contributed by atoms with Crippen LogP contribution in [0.1, 0.15) is 16.9 Å². The van der Waals surface area contributed by atoms with E-state index in [9.17, 15) is 9.59 Å². The molecule has 4 N–H and O–H groups in total. The fourth-order valence-electron chi connectivity index (χ4n) is 1.25. The Labute approximate surface area is 109 Å². The fraction of sp³-hybridized carbons (Fsp3) is 0.455. The number of carbonyl (C=O) groups is 2. The van der Waals surface area contributed by atoms with E-state index in [1.807, 2.05) is 18.4 Å². The predicted octanol–water partition coefficient (Wildman–Crippen LogP) is 0.691. The van der Waals surface area contributed by atoms with E-state index in [1.165, 1.54) is 0 Å². The highest BCUT2D eigenvalue weighted by molar-refractivity contribution is 7.10. The van der Waals surface area contributed by atoms with Crippen molar-refractivity contribution in [3.8, 4) is 0 Å². The number of carboxylic acids is 1. The van der Waals surface area contributed by atoms with Gasteiger partial charge < -0.3 is 20.8 Å². The number of nitrogens with one attached hydrogen (secondary N) is 2. The molecule has 0 saturated carbocycles. The predicted molar refractivity (Wildman–Crippen MR) is 67.6 cm³/mol. The highest BCUT2D eigenvalue weighted by atomic mass is 32.1. The molecule has 1 heterocycles. The van der Waals surface area contributed by atoms with E-state index in [1.54, 1.807) is 11.3 Å². The first-order valence-electron chi connectivity index (χ1n) is 5.46. The summed E-state index contributed by atoms with van der Waals surface area (Å²) in [5.41, 5.74) is 1.13. The van der Waals surface area contributed by atoms with Crippen LogP contribution in [0.25, 0.3) is 0 Å². The summed E-state index contributed by atoms with van der Waals surface area (Å²) >= 11 is 1.56. The molecule has 0 aliphatic heterocycles. The number of aliphatic hydroxyl groups excluding tert-OH is 1. The fourth-order valence-corrected chi connectivity index (χ4v) is 2.10. The number of aliphatic carboxylic acids is 1. The van der Waals surface area contributed by atoms with Crippen molar-refractivity contribution in [2.75, 3.05) is 6.54 Å². The number of rotatable bonds is 6. The molecule has 0 bridgehead atoms. The Bertz CT molecular complexity index is 419. The standard InChI is InChI=1S/C11H16N2O4S/c1-7-3-5-18-9(7)6-13-11(17)12-4-2-8(14)10(15)16/h3,5,8,14H,2,4,6H2,1H3,(H,15,16)(H2,12,13,17). The average Bonchev–Trinajstić information content (AvgIpc) is 2.72. The summed E-state index contributed by atoms with van der Waals surface area (Å²) in [5.74, 6) is -1.29. The first kappa shape index (κ1) is 14.5. The molecule has 0 aromatic carbocycles. The zero-order chi connectivity index (χ0) is 13.5. The number of urea groups is 1. The molecule has 6 nitrogen and oxygen atoms in total. The lowest BCUT2D eigenvalue weighted by Gasteiger charge is -2.08. The maximum Gasteiger partial charge on any atom is 0.332 e. The molecule has 2 amide bonds. The van der Waals surface area contributed by atoms with Crippen LogP contribution in [0.3, 0.4) is 0 Å². The highest BCUT2D eigenvalue weighted by Crippen LogP contribution is 2.14. The number of amides is 2. The smallest absolute Gasteiger partial charge is 0.332 e. The van der Waals surface area contributed by atoms with Gasteiger partial charge in [0.2, 0.25) is 0 Å². The molecule has 18 heavy (non-hydrogen) atoms. The highest BCUT2D eigenvalue weighted by Gasteiger charge is 2.12. The first-order valence-corrected chi connectivity index (χ1v) is 6.34. The van der Waals surface area contributed by atoms with Gasteiger partial charge in [-0.15, -0.1) is 11.3 Å². The molecule has 1 aromatic heterocycles. The minimum absolute atomic E-state index is 0.0131. The van der Waals surface area contributed by atoms with Gasteiger partial charge in [-0.1, -0.05) is 0 Å². The van der Waals surface area contributed by atoms with Crippen molar-refractivity contribution in [3.63, 3.8) is 0 Å². The molecular weight excluding hydrogens is 256 g/mol. The van der Waals surface area contributed by atoms with Crippen LogP contribution in [0.5, 0.6) is 0 Å². The summed E-state index contributed by atoms with van der Waals surface area (Å²) in [4.78, 5) is 22.8. The summed E-state index contributed by atoms with van der Waals surface area (Å²) < 4.78 is 0. The van der Waals surface area contributed by atoms with E-state index in [4.69, 9.17) is 10.2 Å². The molecule has 0 aliphatic carbocycles. The number of hydrogen-bond donors (Lipinski definition) is 4. The normalized spacial score (nSPS) is 11.9. The second kappa shape index (κ2) is 6.97. The molecule has 1 unspecified atom stereocenters. The van der Waals surface area contributed by atoms with E-state index < -0.39 is 12.1 Å². The topological polar surface area (TPSA) is 98.7 Å². The third-order valence-electron chi connectivity index (χ3n) is 2.37.